The lowest BCUT2D eigenvalue weighted by Crippen LogP contribution is -2.32. The van der Waals surface area contributed by atoms with E-state index in [0.717, 1.165) is 12.2 Å². The van der Waals surface area contributed by atoms with Crippen molar-refractivity contribution in [1.82, 2.24) is 9.88 Å². The lowest BCUT2D eigenvalue weighted by Gasteiger charge is -2.20. The first-order chi connectivity index (χ1) is 9.08. The summed E-state index contributed by atoms with van der Waals surface area (Å²) in [6.45, 7) is 11.1. The number of amides is 1. The van der Waals surface area contributed by atoms with Crippen molar-refractivity contribution in [2.45, 2.75) is 33.2 Å². The van der Waals surface area contributed by atoms with Crippen LogP contribution in [-0.4, -0.2) is 34.9 Å². The minimum atomic E-state index is -0.0471. The molecule has 0 bridgehead atoms. The van der Waals surface area contributed by atoms with Crippen molar-refractivity contribution in [3.05, 3.63) is 36.5 Å². The highest BCUT2D eigenvalue weighted by atomic mass is 16.2. The van der Waals surface area contributed by atoms with Crippen molar-refractivity contribution >= 4 is 11.7 Å². The molecule has 1 N–H and O–H groups in total. The normalized spacial score (nSPS) is 10.3. The van der Waals surface area contributed by atoms with Crippen molar-refractivity contribution in [2.24, 2.45) is 0 Å². The highest BCUT2D eigenvalue weighted by Crippen LogP contribution is 2.09. The number of hydrogen-bond acceptors (Lipinski definition) is 3. The zero-order valence-electron chi connectivity index (χ0n) is 12.0. The van der Waals surface area contributed by atoms with E-state index in [4.69, 9.17) is 0 Å². The summed E-state index contributed by atoms with van der Waals surface area (Å²) in [4.78, 5) is 18.5. The van der Waals surface area contributed by atoms with Crippen LogP contribution in [0, 0.1) is 0 Å². The molecular weight excluding hydrogens is 238 g/mol. The van der Waals surface area contributed by atoms with Gasteiger partial charge in [-0.25, -0.2) is 4.98 Å². The largest absolute Gasteiger partial charge is 0.368 e. The highest BCUT2D eigenvalue weighted by Gasteiger charge is 2.15. The van der Waals surface area contributed by atoms with Crippen LogP contribution in [0.15, 0.2) is 30.9 Å². The molecule has 1 heterocycles. The average Bonchev–Trinajstić information content (AvgIpc) is 2.37. The molecule has 4 nitrogen and oxygen atoms in total. The van der Waals surface area contributed by atoms with E-state index in [-0.39, 0.29) is 11.9 Å². The summed E-state index contributed by atoms with van der Waals surface area (Å²) >= 11 is 0. The van der Waals surface area contributed by atoms with E-state index in [1.807, 2.05) is 32.9 Å². The van der Waals surface area contributed by atoms with Gasteiger partial charge in [-0.3, -0.25) is 4.79 Å². The number of hydrogen-bond donors (Lipinski definition) is 1. The minimum Gasteiger partial charge on any atom is -0.368 e. The standard InChI is InChI=1S/C15H23N3O/c1-5-10-18(11-6-2)15(19)13-8-7-9-14(17-13)16-12(3)4/h5,7-9,12H,1,6,10-11H2,2-4H3,(H,16,17). The van der Waals surface area contributed by atoms with Crippen molar-refractivity contribution in [2.75, 3.05) is 18.4 Å². The van der Waals surface area contributed by atoms with Gasteiger partial charge in [-0.05, 0) is 32.4 Å². The Morgan fingerprint density at radius 3 is 2.84 bits per heavy atom. The maximum atomic E-state index is 12.4. The minimum absolute atomic E-state index is 0.0471. The summed E-state index contributed by atoms with van der Waals surface area (Å²) < 4.78 is 0. The van der Waals surface area contributed by atoms with E-state index in [0.29, 0.717) is 18.8 Å². The second kappa shape index (κ2) is 7.56. The molecule has 0 aliphatic rings. The lowest BCUT2D eigenvalue weighted by atomic mass is 10.2. The first-order valence-corrected chi connectivity index (χ1v) is 6.72. The van der Waals surface area contributed by atoms with Crippen LogP contribution in [0.4, 0.5) is 5.82 Å². The van der Waals surface area contributed by atoms with Gasteiger partial charge in [0, 0.05) is 19.1 Å². The van der Waals surface area contributed by atoms with Crippen LogP contribution in [0.2, 0.25) is 0 Å². The number of anilines is 1. The van der Waals surface area contributed by atoms with Gasteiger partial charge in [0.25, 0.3) is 5.91 Å². The lowest BCUT2D eigenvalue weighted by molar-refractivity contribution is 0.0768. The number of pyridine rings is 1. The van der Waals surface area contributed by atoms with Crippen LogP contribution in [0.1, 0.15) is 37.7 Å². The molecule has 104 valence electrons. The van der Waals surface area contributed by atoms with Crippen molar-refractivity contribution in [3.8, 4) is 0 Å². The summed E-state index contributed by atoms with van der Waals surface area (Å²) in [6, 6.07) is 5.76. The summed E-state index contributed by atoms with van der Waals surface area (Å²) in [5.74, 6) is 0.685. The third kappa shape index (κ3) is 4.73. The molecule has 0 aromatic carbocycles. The van der Waals surface area contributed by atoms with E-state index in [1.54, 1.807) is 17.0 Å². The first-order valence-electron chi connectivity index (χ1n) is 6.72. The second-order valence-corrected chi connectivity index (χ2v) is 4.75. The molecule has 0 atom stereocenters. The van der Waals surface area contributed by atoms with Crippen molar-refractivity contribution < 1.29 is 4.79 Å². The predicted octanol–water partition coefficient (Wildman–Crippen LogP) is 2.94. The summed E-state index contributed by atoms with van der Waals surface area (Å²) in [5.41, 5.74) is 0.473. The van der Waals surface area contributed by atoms with Crippen LogP contribution in [0.25, 0.3) is 0 Å². The van der Waals surface area contributed by atoms with Gasteiger partial charge in [-0.15, -0.1) is 6.58 Å². The molecule has 0 radical (unpaired) electrons. The molecule has 0 saturated carbocycles. The number of aromatic nitrogens is 1. The summed E-state index contributed by atoms with van der Waals surface area (Å²) in [5, 5.41) is 3.20. The number of nitrogens with one attached hydrogen (secondary N) is 1. The third-order valence-electron chi connectivity index (χ3n) is 2.53. The monoisotopic (exact) mass is 261 g/mol. The Morgan fingerprint density at radius 2 is 2.26 bits per heavy atom. The molecule has 0 aliphatic carbocycles. The predicted molar refractivity (Wildman–Crippen MR) is 79.4 cm³/mol. The quantitative estimate of drug-likeness (QED) is 0.768. The maximum absolute atomic E-state index is 12.4. The van der Waals surface area contributed by atoms with Crippen LogP contribution < -0.4 is 5.32 Å². The second-order valence-electron chi connectivity index (χ2n) is 4.75. The van der Waals surface area contributed by atoms with Gasteiger partial charge in [0.2, 0.25) is 0 Å². The first kappa shape index (κ1) is 15.2. The smallest absolute Gasteiger partial charge is 0.272 e. The molecule has 4 heteroatoms. The average molecular weight is 261 g/mol. The molecular formula is C15H23N3O. The van der Waals surface area contributed by atoms with Gasteiger partial charge >= 0.3 is 0 Å². The summed E-state index contributed by atoms with van der Waals surface area (Å²) in [7, 11) is 0. The molecule has 0 unspecified atom stereocenters. The SMILES string of the molecule is C=CCN(CCC)C(=O)c1cccc(NC(C)C)n1. The zero-order valence-corrected chi connectivity index (χ0v) is 12.0. The van der Waals surface area contributed by atoms with Gasteiger partial charge in [-0.2, -0.15) is 0 Å². The van der Waals surface area contributed by atoms with Crippen LogP contribution in [-0.2, 0) is 0 Å². The molecule has 1 rings (SSSR count). The van der Waals surface area contributed by atoms with E-state index >= 15 is 0 Å². The van der Waals surface area contributed by atoms with Gasteiger partial charge in [0.05, 0.1) is 0 Å². The Hall–Kier alpha value is -1.84. The molecule has 0 fully saturated rings. The fourth-order valence-electron chi connectivity index (χ4n) is 1.79. The maximum Gasteiger partial charge on any atom is 0.272 e. The Labute approximate surface area is 115 Å². The fourth-order valence-corrected chi connectivity index (χ4v) is 1.79. The van der Waals surface area contributed by atoms with Crippen molar-refractivity contribution in [1.29, 1.82) is 0 Å². The van der Waals surface area contributed by atoms with Gasteiger partial charge in [0.15, 0.2) is 0 Å². The molecule has 0 saturated heterocycles. The molecule has 0 aliphatic heterocycles. The Bertz CT molecular complexity index is 429. The van der Waals surface area contributed by atoms with E-state index < -0.39 is 0 Å². The number of nitrogens with zero attached hydrogens (tertiary/aromatic N) is 2. The number of rotatable bonds is 7. The van der Waals surface area contributed by atoms with Crippen LogP contribution in [0.5, 0.6) is 0 Å². The van der Waals surface area contributed by atoms with Gasteiger partial charge in [-0.1, -0.05) is 19.1 Å². The zero-order chi connectivity index (χ0) is 14.3. The fraction of sp³-hybridized carbons (Fsp3) is 0.467. The van der Waals surface area contributed by atoms with Gasteiger partial charge < -0.3 is 10.2 Å². The highest BCUT2D eigenvalue weighted by molar-refractivity contribution is 5.92. The molecule has 1 aromatic heterocycles. The van der Waals surface area contributed by atoms with E-state index in [1.165, 1.54) is 0 Å². The Morgan fingerprint density at radius 1 is 1.53 bits per heavy atom. The summed E-state index contributed by atoms with van der Waals surface area (Å²) in [6.07, 6.45) is 2.66. The third-order valence-corrected chi connectivity index (χ3v) is 2.53. The van der Waals surface area contributed by atoms with Crippen LogP contribution >= 0.6 is 0 Å². The van der Waals surface area contributed by atoms with E-state index in [9.17, 15) is 4.79 Å². The number of carbonyl (C=O) groups is 1. The van der Waals surface area contributed by atoms with Crippen LogP contribution in [0.3, 0.4) is 0 Å². The molecule has 1 amide bonds. The Kier molecular flexibility index (Phi) is 6.06. The molecule has 1 aromatic rings. The number of carbonyl (C=O) groups excluding carboxylic acids is 1. The van der Waals surface area contributed by atoms with E-state index in [2.05, 4.69) is 16.9 Å². The topological polar surface area (TPSA) is 45.2 Å². The van der Waals surface area contributed by atoms with Gasteiger partial charge in [0.1, 0.15) is 11.5 Å². The molecule has 0 spiro atoms. The molecule has 19 heavy (non-hydrogen) atoms. The Balaban J connectivity index is 2.87. The van der Waals surface area contributed by atoms with Crippen molar-refractivity contribution in [3.63, 3.8) is 0 Å².